The summed E-state index contributed by atoms with van der Waals surface area (Å²) in [7, 11) is 1.56. The van der Waals surface area contributed by atoms with Gasteiger partial charge in [-0.2, -0.15) is 0 Å². The third-order valence-electron chi connectivity index (χ3n) is 2.80. The van der Waals surface area contributed by atoms with E-state index in [1.54, 1.807) is 39.4 Å². The summed E-state index contributed by atoms with van der Waals surface area (Å²) in [5, 5.41) is 5.66. The molecule has 0 unspecified atom stereocenters. The Balaban J connectivity index is -0.000001000. The third-order valence-corrected chi connectivity index (χ3v) is 3.00. The van der Waals surface area contributed by atoms with Crippen LogP contribution in [-0.4, -0.2) is 42.9 Å². The molecule has 0 fully saturated rings. The van der Waals surface area contributed by atoms with Crippen LogP contribution in [0.1, 0.15) is 19.5 Å². The van der Waals surface area contributed by atoms with E-state index in [0.717, 1.165) is 10.8 Å². The molecule has 2 aromatic heterocycles. The summed E-state index contributed by atoms with van der Waals surface area (Å²) < 4.78 is 5.25. The molecule has 23 heavy (non-hydrogen) atoms. The van der Waals surface area contributed by atoms with Crippen LogP contribution in [0, 0.1) is 0 Å². The molecule has 0 bridgehead atoms. The molecule has 0 N–H and O–H groups in total. The Bertz CT molecular complexity index is 698. The number of ether oxygens (including phenoxy) is 1. The minimum absolute atomic E-state index is 0. The molecule has 0 saturated heterocycles. The van der Waals surface area contributed by atoms with Crippen molar-refractivity contribution in [3.05, 3.63) is 39.7 Å². The van der Waals surface area contributed by atoms with Crippen LogP contribution < -0.4 is 55.7 Å². The van der Waals surface area contributed by atoms with E-state index in [1.165, 1.54) is 0 Å². The van der Waals surface area contributed by atoms with Crippen molar-refractivity contribution in [2.24, 2.45) is 5.11 Å². The molecule has 11 heteroatoms. The molecular weight excluding hydrogens is 620 g/mol. The van der Waals surface area contributed by atoms with Gasteiger partial charge in [0, 0.05) is 21.9 Å². The van der Waals surface area contributed by atoms with Gasteiger partial charge in [0.2, 0.25) is 0 Å². The second kappa shape index (κ2) is 11.8. The fraction of sp³-hybridized carbons (Fsp3) is 0.333. The Kier molecular flexibility index (Phi) is 14.4. The summed E-state index contributed by atoms with van der Waals surface area (Å²) >= 11 is 5.93. The van der Waals surface area contributed by atoms with Crippen molar-refractivity contribution in [3.8, 4) is 5.75 Å². The Morgan fingerprint density at radius 2 is 1.78 bits per heavy atom. The maximum atomic E-state index is 8.66. The molecule has 0 aliphatic rings. The standard InChI is InChI=1S/C12H12ClN5O.3BrH.In/c1-12(2,17-18-14)11-7-4-10(13)15-5-8(7)9(19-3)6-16-11;;;;/h4-6H,1-3H3;3*1H;/q;;;;+3/p-3. The second-order valence-corrected chi connectivity index (χ2v) is 4.86. The first-order valence-corrected chi connectivity index (χ1v) is 5.92. The molecule has 2 rings (SSSR count). The van der Waals surface area contributed by atoms with Crippen molar-refractivity contribution in [2.45, 2.75) is 19.4 Å². The Morgan fingerprint density at radius 3 is 2.30 bits per heavy atom. The maximum absolute atomic E-state index is 8.66. The molecule has 0 atom stereocenters. The van der Waals surface area contributed by atoms with Crippen molar-refractivity contribution < 1.29 is 55.7 Å². The molecule has 0 saturated carbocycles. The first-order valence-electron chi connectivity index (χ1n) is 5.54. The van der Waals surface area contributed by atoms with Gasteiger partial charge in [-0.15, -0.1) is 0 Å². The first-order chi connectivity index (χ1) is 8.99. The van der Waals surface area contributed by atoms with Gasteiger partial charge < -0.3 is 55.7 Å². The third kappa shape index (κ3) is 6.25. The number of hydrogen-bond donors (Lipinski definition) is 0. The Labute approximate surface area is 189 Å². The van der Waals surface area contributed by atoms with Crippen molar-refractivity contribution in [1.82, 2.24) is 9.97 Å². The Morgan fingerprint density at radius 1 is 1.17 bits per heavy atom. The average molecular weight is 632 g/mol. The summed E-state index contributed by atoms with van der Waals surface area (Å²) in [6, 6.07) is 1.69. The van der Waals surface area contributed by atoms with E-state index in [-0.39, 0.29) is 76.8 Å². The zero-order valence-electron chi connectivity index (χ0n) is 12.5. The van der Waals surface area contributed by atoms with E-state index < -0.39 is 5.54 Å². The second-order valence-electron chi connectivity index (χ2n) is 4.48. The number of hydrogen-bond acceptors (Lipinski definition) is 4. The summed E-state index contributed by atoms with van der Waals surface area (Å²) in [6.07, 6.45) is 3.20. The van der Waals surface area contributed by atoms with Crippen LogP contribution in [-0.2, 0) is 5.54 Å². The predicted molar refractivity (Wildman–Crippen MR) is 79.0 cm³/mol. The van der Waals surface area contributed by atoms with Gasteiger partial charge >= 0.3 is 25.8 Å². The quantitative estimate of drug-likeness (QED) is 0.147. The summed E-state index contributed by atoms with van der Waals surface area (Å²) in [5.74, 6) is 0.597. The number of rotatable bonds is 3. The molecular formula is C12H12Br3ClInN5O. The van der Waals surface area contributed by atoms with Crippen LogP contribution >= 0.6 is 11.6 Å². The summed E-state index contributed by atoms with van der Waals surface area (Å²) in [4.78, 5) is 11.2. The van der Waals surface area contributed by atoms with E-state index in [0.29, 0.717) is 16.6 Å². The average Bonchev–Trinajstić information content (AvgIpc) is 2.36. The zero-order chi connectivity index (χ0) is 14.0. The van der Waals surface area contributed by atoms with Crippen LogP contribution in [0.25, 0.3) is 21.2 Å². The smallest absolute Gasteiger partial charge is 1.00 e. The number of halogens is 4. The fourth-order valence-electron chi connectivity index (χ4n) is 1.89. The zero-order valence-corrected chi connectivity index (χ0v) is 21.3. The minimum Gasteiger partial charge on any atom is -1.00 e. The minimum atomic E-state index is -0.788. The number of nitrogens with zero attached hydrogens (tertiary/aromatic N) is 5. The van der Waals surface area contributed by atoms with Gasteiger partial charge in [0.25, 0.3) is 0 Å². The summed E-state index contributed by atoms with van der Waals surface area (Å²) in [6.45, 7) is 3.57. The molecule has 0 aliphatic carbocycles. The fourth-order valence-corrected chi connectivity index (χ4v) is 2.05. The maximum Gasteiger partial charge on any atom is 3.00 e. The largest absolute Gasteiger partial charge is 3.00 e. The van der Waals surface area contributed by atoms with Gasteiger partial charge in [-0.25, -0.2) is 4.98 Å². The van der Waals surface area contributed by atoms with Gasteiger partial charge in [0.1, 0.15) is 10.9 Å². The van der Waals surface area contributed by atoms with Crippen molar-refractivity contribution >= 4 is 48.2 Å². The normalized spacial score (nSPS) is 9.22. The van der Waals surface area contributed by atoms with E-state index in [2.05, 4.69) is 20.0 Å². The van der Waals surface area contributed by atoms with Crippen LogP contribution in [0.15, 0.2) is 23.6 Å². The number of methoxy groups -OCH3 is 1. The van der Waals surface area contributed by atoms with Crippen molar-refractivity contribution in [2.75, 3.05) is 7.11 Å². The van der Waals surface area contributed by atoms with Gasteiger partial charge in [0.05, 0.1) is 24.5 Å². The number of fused-ring (bicyclic) bond motifs is 1. The molecule has 0 amide bonds. The number of pyridine rings is 2. The van der Waals surface area contributed by atoms with Crippen LogP contribution in [0.2, 0.25) is 5.15 Å². The monoisotopic (exact) mass is 629 g/mol. The van der Waals surface area contributed by atoms with Gasteiger partial charge in [0.15, 0.2) is 0 Å². The van der Waals surface area contributed by atoms with E-state index in [1.807, 2.05) is 0 Å². The number of azide groups is 1. The van der Waals surface area contributed by atoms with E-state index >= 15 is 0 Å². The van der Waals surface area contributed by atoms with Crippen LogP contribution in [0.5, 0.6) is 5.75 Å². The molecule has 0 radical (unpaired) electrons. The SMILES string of the molecule is COc1cnc(C(C)(C)N=[N+]=[N-])c2cc(Cl)ncc12.[Br-].[Br-].[Br-].[In+3]. The van der Waals surface area contributed by atoms with E-state index in [4.69, 9.17) is 21.9 Å². The van der Waals surface area contributed by atoms with Gasteiger partial charge in [-0.1, -0.05) is 16.7 Å². The predicted octanol–water partition coefficient (Wildman–Crippen LogP) is -5.53. The van der Waals surface area contributed by atoms with Crippen molar-refractivity contribution in [3.63, 3.8) is 0 Å². The Hall–Kier alpha value is 0.270. The van der Waals surface area contributed by atoms with Gasteiger partial charge in [-0.3, -0.25) is 4.98 Å². The van der Waals surface area contributed by atoms with E-state index in [9.17, 15) is 0 Å². The molecule has 6 nitrogen and oxygen atoms in total. The number of aromatic nitrogens is 2. The van der Waals surface area contributed by atoms with Crippen LogP contribution in [0.3, 0.4) is 0 Å². The molecule has 122 valence electrons. The molecule has 2 aromatic rings. The van der Waals surface area contributed by atoms with Crippen LogP contribution in [0.4, 0.5) is 0 Å². The molecule has 0 spiro atoms. The van der Waals surface area contributed by atoms with Gasteiger partial charge in [-0.05, 0) is 25.4 Å². The summed E-state index contributed by atoms with van der Waals surface area (Å²) in [5.41, 5.74) is 8.50. The molecule has 0 aromatic carbocycles. The molecule has 2 heterocycles. The topological polar surface area (TPSA) is 83.8 Å². The van der Waals surface area contributed by atoms with Crippen molar-refractivity contribution in [1.29, 1.82) is 0 Å². The molecule has 0 aliphatic heterocycles. The first kappa shape index (κ1) is 28.1.